The molecule has 1 atom stereocenters. The van der Waals surface area contributed by atoms with Crippen molar-refractivity contribution in [2.45, 2.75) is 63.1 Å². The fourth-order valence-electron chi connectivity index (χ4n) is 4.79. The number of sulfonamides is 1. The zero-order chi connectivity index (χ0) is 28.9. The lowest BCUT2D eigenvalue weighted by atomic mass is 10.1. The van der Waals surface area contributed by atoms with E-state index in [1.807, 2.05) is 37.3 Å². The number of amides is 2. The molecule has 212 valence electrons. The summed E-state index contributed by atoms with van der Waals surface area (Å²) in [6.07, 6.45) is 3.91. The molecule has 0 aromatic heterocycles. The Morgan fingerprint density at radius 3 is 2.25 bits per heavy atom. The molecule has 7 nitrogen and oxygen atoms in total. The Hall–Kier alpha value is -3.07. The molecule has 1 aliphatic carbocycles. The van der Waals surface area contributed by atoms with Crippen molar-refractivity contribution in [3.63, 3.8) is 0 Å². The number of benzene rings is 3. The smallest absolute Gasteiger partial charge is 0.264 e. The Balaban J connectivity index is 1.71. The van der Waals surface area contributed by atoms with Gasteiger partial charge < -0.3 is 10.2 Å². The van der Waals surface area contributed by atoms with Crippen molar-refractivity contribution in [3.05, 3.63) is 94.0 Å². The minimum Gasteiger partial charge on any atom is -0.352 e. The van der Waals surface area contributed by atoms with Gasteiger partial charge in [-0.2, -0.15) is 0 Å². The van der Waals surface area contributed by atoms with E-state index in [1.54, 1.807) is 31.2 Å². The van der Waals surface area contributed by atoms with E-state index in [1.165, 1.54) is 23.1 Å². The van der Waals surface area contributed by atoms with Crippen LogP contribution in [-0.4, -0.2) is 43.8 Å². The molecular weight excluding hydrogens is 569 g/mol. The van der Waals surface area contributed by atoms with Crippen molar-refractivity contribution in [1.29, 1.82) is 0 Å². The van der Waals surface area contributed by atoms with Gasteiger partial charge in [-0.1, -0.05) is 90.1 Å². The first-order valence-electron chi connectivity index (χ1n) is 13.2. The summed E-state index contributed by atoms with van der Waals surface area (Å²) in [4.78, 5) is 28.7. The third-order valence-corrected chi connectivity index (χ3v) is 9.74. The number of nitrogens with zero attached hydrogens (tertiary/aromatic N) is 2. The molecule has 3 aromatic carbocycles. The third kappa shape index (κ3) is 6.97. The van der Waals surface area contributed by atoms with Gasteiger partial charge >= 0.3 is 0 Å². The van der Waals surface area contributed by atoms with Crippen molar-refractivity contribution >= 4 is 50.7 Å². The average Bonchev–Trinajstić information content (AvgIpc) is 3.45. The lowest BCUT2D eigenvalue weighted by molar-refractivity contribution is -0.139. The van der Waals surface area contributed by atoms with E-state index in [0.717, 1.165) is 41.1 Å². The molecule has 1 unspecified atom stereocenters. The van der Waals surface area contributed by atoms with Crippen LogP contribution in [0.2, 0.25) is 10.0 Å². The highest BCUT2D eigenvalue weighted by Gasteiger charge is 2.34. The summed E-state index contributed by atoms with van der Waals surface area (Å²) < 4.78 is 28.8. The number of anilines is 1. The summed E-state index contributed by atoms with van der Waals surface area (Å²) in [6.45, 7) is 3.06. The van der Waals surface area contributed by atoms with Gasteiger partial charge in [-0.15, -0.1) is 0 Å². The molecule has 0 heterocycles. The average molecular weight is 603 g/mol. The Morgan fingerprint density at radius 1 is 0.950 bits per heavy atom. The molecule has 0 spiro atoms. The predicted octanol–water partition coefficient (Wildman–Crippen LogP) is 5.97. The number of carbonyl (C=O) groups is 2. The standard InChI is InChI=1S/C30H33Cl2N3O4S/c1-21-15-17-25(18-16-21)40(38,39)35(27-14-8-13-26(31)29(27)32)20-28(36)34(19-23-9-4-3-5-10-23)22(2)30(37)33-24-11-6-7-12-24/h3-5,8-10,13-18,22,24H,6-7,11-12,19-20H2,1-2H3,(H,33,37). The quantitative estimate of drug-likeness (QED) is 0.310. The molecule has 4 rings (SSSR count). The summed E-state index contributed by atoms with van der Waals surface area (Å²) in [5, 5.41) is 3.22. The second kappa shape index (κ2) is 13.1. The van der Waals surface area contributed by atoms with Crippen molar-refractivity contribution in [2.75, 3.05) is 10.8 Å². The zero-order valence-corrected chi connectivity index (χ0v) is 24.8. The van der Waals surface area contributed by atoms with Gasteiger partial charge in [0.2, 0.25) is 11.8 Å². The number of hydrogen-bond acceptors (Lipinski definition) is 4. The second-order valence-electron chi connectivity index (χ2n) is 10.1. The lowest BCUT2D eigenvalue weighted by Gasteiger charge is -2.32. The molecule has 1 N–H and O–H groups in total. The van der Waals surface area contributed by atoms with Crippen LogP contribution in [0, 0.1) is 6.92 Å². The number of carbonyl (C=O) groups excluding carboxylic acids is 2. The van der Waals surface area contributed by atoms with E-state index in [4.69, 9.17) is 23.2 Å². The van der Waals surface area contributed by atoms with Crippen molar-refractivity contribution in [1.82, 2.24) is 10.2 Å². The first-order valence-corrected chi connectivity index (χ1v) is 15.4. The molecule has 3 aromatic rings. The molecule has 0 saturated heterocycles. The first-order chi connectivity index (χ1) is 19.1. The summed E-state index contributed by atoms with van der Waals surface area (Å²) in [5.74, 6) is -0.824. The van der Waals surface area contributed by atoms with Crippen LogP contribution in [0.1, 0.15) is 43.7 Å². The molecule has 0 bridgehead atoms. The molecule has 1 fully saturated rings. The Kier molecular flexibility index (Phi) is 9.77. The van der Waals surface area contributed by atoms with Crippen LogP contribution in [0.4, 0.5) is 5.69 Å². The van der Waals surface area contributed by atoms with Crippen LogP contribution in [0.5, 0.6) is 0 Å². The molecule has 0 radical (unpaired) electrons. The highest BCUT2D eigenvalue weighted by Crippen LogP contribution is 2.35. The fourth-order valence-corrected chi connectivity index (χ4v) is 6.66. The highest BCUT2D eigenvalue weighted by atomic mass is 35.5. The van der Waals surface area contributed by atoms with Crippen molar-refractivity contribution < 1.29 is 18.0 Å². The Morgan fingerprint density at radius 2 is 1.60 bits per heavy atom. The van der Waals surface area contributed by atoms with Gasteiger partial charge in [-0.05, 0) is 56.5 Å². The molecule has 10 heteroatoms. The number of hydrogen-bond donors (Lipinski definition) is 1. The van der Waals surface area contributed by atoms with Crippen LogP contribution < -0.4 is 9.62 Å². The topological polar surface area (TPSA) is 86.8 Å². The Bertz CT molecular complexity index is 1440. The molecule has 1 aliphatic rings. The zero-order valence-electron chi connectivity index (χ0n) is 22.5. The normalized spacial score (nSPS) is 14.5. The largest absolute Gasteiger partial charge is 0.352 e. The monoisotopic (exact) mass is 601 g/mol. The number of aryl methyl sites for hydroxylation is 1. The fraction of sp³-hybridized carbons (Fsp3) is 0.333. The summed E-state index contributed by atoms with van der Waals surface area (Å²) in [5.41, 5.74) is 1.77. The number of halogens is 2. The van der Waals surface area contributed by atoms with Crippen LogP contribution >= 0.6 is 23.2 Å². The minimum atomic E-state index is -4.23. The third-order valence-electron chi connectivity index (χ3n) is 7.15. The molecule has 1 saturated carbocycles. The highest BCUT2D eigenvalue weighted by molar-refractivity contribution is 7.92. The SMILES string of the molecule is Cc1ccc(S(=O)(=O)N(CC(=O)N(Cc2ccccc2)C(C)C(=O)NC2CCCC2)c2cccc(Cl)c2Cl)cc1. The maximum absolute atomic E-state index is 14.0. The summed E-state index contributed by atoms with van der Waals surface area (Å²) in [6, 6.07) is 19.5. The van der Waals surface area contributed by atoms with Crippen molar-refractivity contribution in [2.24, 2.45) is 0 Å². The van der Waals surface area contributed by atoms with E-state index in [-0.39, 0.29) is 39.1 Å². The van der Waals surface area contributed by atoms with E-state index in [2.05, 4.69) is 5.32 Å². The van der Waals surface area contributed by atoms with Crippen LogP contribution in [0.3, 0.4) is 0 Å². The first kappa shape index (κ1) is 29.9. The van der Waals surface area contributed by atoms with Gasteiger partial charge in [-0.25, -0.2) is 8.42 Å². The maximum Gasteiger partial charge on any atom is 0.264 e. The minimum absolute atomic E-state index is 0.00331. The van der Waals surface area contributed by atoms with Crippen LogP contribution in [0.15, 0.2) is 77.7 Å². The second-order valence-corrected chi connectivity index (χ2v) is 12.7. The number of nitrogens with one attached hydrogen (secondary N) is 1. The molecular formula is C30H33Cl2N3O4S. The predicted molar refractivity (Wildman–Crippen MR) is 159 cm³/mol. The summed E-state index contributed by atoms with van der Waals surface area (Å²) in [7, 11) is -4.23. The van der Waals surface area contributed by atoms with Crippen molar-refractivity contribution in [3.8, 4) is 0 Å². The van der Waals surface area contributed by atoms with Gasteiger partial charge in [0, 0.05) is 12.6 Å². The van der Waals surface area contributed by atoms with Crippen LogP contribution in [0.25, 0.3) is 0 Å². The summed E-state index contributed by atoms with van der Waals surface area (Å²) >= 11 is 12.7. The molecule has 2 amide bonds. The maximum atomic E-state index is 14.0. The lowest BCUT2D eigenvalue weighted by Crippen LogP contribution is -2.52. The van der Waals surface area contributed by atoms with E-state index < -0.39 is 28.5 Å². The van der Waals surface area contributed by atoms with E-state index >= 15 is 0 Å². The van der Waals surface area contributed by atoms with Gasteiger partial charge in [0.05, 0.1) is 20.6 Å². The number of rotatable bonds is 10. The van der Waals surface area contributed by atoms with E-state index in [9.17, 15) is 18.0 Å². The Labute approximate surface area is 246 Å². The van der Waals surface area contributed by atoms with Gasteiger partial charge in [-0.3, -0.25) is 13.9 Å². The van der Waals surface area contributed by atoms with Gasteiger partial charge in [0.25, 0.3) is 10.0 Å². The molecule has 0 aliphatic heterocycles. The van der Waals surface area contributed by atoms with Gasteiger partial charge in [0.15, 0.2) is 0 Å². The van der Waals surface area contributed by atoms with E-state index in [0.29, 0.717) is 0 Å². The van der Waals surface area contributed by atoms with Crippen LogP contribution in [-0.2, 0) is 26.2 Å². The molecule has 40 heavy (non-hydrogen) atoms. The van der Waals surface area contributed by atoms with Gasteiger partial charge in [0.1, 0.15) is 12.6 Å².